The van der Waals surface area contributed by atoms with Crippen LogP contribution in [-0.2, 0) is 9.59 Å². The summed E-state index contributed by atoms with van der Waals surface area (Å²) >= 11 is 0. The topological polar surface area (TPSA) is 55.9 Å². The van der Waals surface area contributed by atoms with Crippen LogP contribution < -0.4 is 10.2 Å². The molecule has 2 amide bonds. The van der Waals surface area contributed by atoms with E-state index in [2.05, 4.69) is 28.2 Å². The third-order valence-corrected chi connectivity index (χ3v) is 5.87. The van der Waals surface area contributed by atoms with Crippen LogP contribution in [0, 0.1) is 0 Å². The molecule has 4 rings (SSSR count). The number of nitrogens with zero attached hydrogens (tertiary/aromatic N) is 3. The number of rotatable bonds is 4. The van der Waals surface area contributed by atoms with Crippen molar-refractivity contribution < 1.29 is 9.59 Å². The van der Waals surface area contributed by atoms with Crippen molar-refractivity contribution in [3.63, 3.8) is 0 Å². The molecular weight excluding hydrogens is 376 g/mol. The number of likely N-dealkylation sites (N-methyl/N-ethyl adjacent to an activating group) is 1. The molecule has 0 bridgehead atoms. The average Bonchev–Trinajstić information content (AvgIpc) is 2.75. The Labute approximate surface area is 177 Å². The molecular formula is C24H28N4O2. The van der Waals surface area contributed by atoms with Gasteiger partial charge < -0.3 is 20.0 Å². The van der Waals surface area contributed by atoms with E-state index < -0.39 is 0 Å². The minimum absolute atomic E-state index is 0.0728. The number of anilines is 2. The standard InChI is InChI=1S/C24H28N4O2/c1-18(29)28-12-11-19-7-3-4-8-20(19)23(28)17-24(30)25-21-9-5-6-10-22(21)27-15-13-26(2)14-16-27/h3-12,23H,13-17H2,1-2H3,(H,25,30)/t23-/m1/s1. The Morgan fingerprint density at radius 2 is 1.70 bits per heavy atom. The Hall–Kier alpha value is -3.12. The molecule has 156 valence electrons. The fraction of sp³-hybridized carbons (Fsp3) is 0.333. The van der Waals surface area contributed by atoms with Crippen molar-refractivity contribution >= 4 is 29.3 Å². The minimum atomic E-state index is -0.306. The van der Waals surface area contributed by atoms with Gasteiger partial charge in [-0.05, 0) is 36.4 Å². The third-order valence-electron chi connectivity index (χ3n) is 5.87. The number of hydrogen-bond donors (Lipinski definition) is 1. The summed E-state index contributed by atoms with van der Waals surface area (Å²) in [6, 6.07) is 15.6. The van der Waals surface area contributed by atoms with Gasteiger partial charge in [-0.2, -0.15) is 0 Å². The van der Waals surface area contributed by atoms with E-state index >= 15 is 0 Å². The maximum Gasteiger partial charge on any atom is 0.226 e. The number of fused-ring (bicyclic) bond motifs is 1. The van der Waals surface area contributed by atoms with Crippen molar-refractivity contribution in [2.75, 3.05) is 43.4 Å². The van der Waals surface area contributed by atoms with Crippen molar-refractivity contribution in [3.8, 4) is 0 Å². The predicted molar refractivity (Wildman–Crippen MR) is 120 cm³/mol. The molecule has 1 saturated heterocycles. The number of hydrogen-bond acceptors (Lipinski definition) is 4. The van der Waals surface area contributed by atoms with E-state index in [4.69, 9.17) is 0 Å². The van der Waals surface area contributed by atoms with Crippen LogP contribution in [0.2, 0.25) is 0 Å². The highest BCUT2D eigenvalue weighted by Crippen LogP contribution is 2.34. The van der Waals surface area contributed by atoms with Crippen molar-refractivity contribution in [1.29, 1.82) is 0 Å². The summed E-state index contributed by atoms with van der Waals surface area (Å²) in [5, 5.41) is 3.10. The molecule has 0 aliphatic carbocycles. The number of benzene rings is 2. The van der Waals surface area contributed by atoms with Gasteiger partial charge in [0, 0.05) is 39.3 Å². The van der Waals surface area contributed by atoms with E-state index in [0.717, 1.165) is 48.7 Å². The maximum absolute atomic E-state index is 13.0. The summed E-state index contributed by atoms with van der Waals surface area (Å²) in [7, 11) is 2.13. The van der Waals surface area contributed by atoms with E-state index in [-0.39, 0.29) is 24.3 Å². The number of carbonyl (C=O) groups excluding carboxylic acids is 2. The average molecular weight is 405 g/mol. The predicted octanol–water partition coefficient (Wildman–Crippen LogP) is 3.34. The summed E-state index contributed by atoms with van der Waals surface area (Å²) in [6.45, 7) is 5.40. The highest BCUT2D eigenvalue weighted by molar-refractivity contribution is 5.95. The Bertz CT molecular complexity index is 963. The van der Waals surface area contributed by atoms with Crippen molar-refractivity contribution in [1.82, 2.24) is 9.80 Å². The van der Waals surface area contributed by atoms with Crippen LogP contribution in [0.25, 0.3) is 6.08 Å². The lowest BCUT2D eigenvalue weighted by molar-refractivity contribution is -0.129. The smallest absolute Gasteiger partial charge is 0.226 e. The lowest BCUT2D eigenvalue weighted by Crippen LogP contribution is -2.44. The molecule has 6 heteroatoms. The molecule has 1 N–H and O–H groups in total. The van der Waals surface area contributed by atoms with Gasteiger partial charge in [0.25, 0.3) is 0 Å². The third kappa shape index (κ3) is 4.24. The quantitative estimate of drug-likeness (QED) is 0.849. The van der Waals surface area contributed by atoms with E-state index in [1.54, 1.807) is 11.1 Å². The van der Waals surface area contributed by atoms with Crippen molar-refractivity contribution in [2.24, 2.45) is 0 Å². The number of carbonyl (C=O) groups is 2. The van der Waals surface area contributed by atoms with Crippen LogP contribution >= 0.6 is 0 Å². The number of piperazine rings is 1. The van der Waals surface area contributed by atoms with Gasteiger partial charge in [0.05, 0.1) is 23.8 Å². The summed E-state index contributed by atoms with van der Waals surface area (Å²) in [4.78, 5) is 31.5. The van der Waals surface area contributed by atoms with Crippen LogP contribution in [0.4, 0.5) is 11.4 Å². The molecule has 0 unspecified atom stereocenters. The first-order valence-electron chi connectivity index (χ1n) is 10.4. The molecule has 0 saturated carbocycles. The van der Waals surface area contributed by atoms with Crippen LogP contribution in [0.1, 0.15) is 30.5 Å². The second-order valence-corrected chi connectivity index (χ2v) is 7.95. The molecule has 2 aliphatic rings. The van der Waals surface area contributed by atoms with Gasteiger partial charge in [0.15, 0.2) is 0 Å². The largest absolute Gasteiger partial charge is 0.367 e. The van der Waals surface area contributed by atoms with Gasteiger partial charge in [-0.15, -0.1) is 0 Å². The second-order valence-electron chi connectivity index (χ2n) is 7.95. The zero-order valence-electron chi connectivity index (χ0n) is 17.5. The Kier molecular flexibility index (Phi) is 5.86. The maximum atomic E-state index is 13.0. The van der Waals surface area contributed by atoms with Crippen LogP contribution in [0.15, 0.2) is 54.7 Å². The first-order valence-corrected chi connectivity index (χ1v) is 10.4. The highest BCUT2D eigenvalue weighted by atomic mass is 16.2. The van der Waals surface area contributed by atoms with Gasteiger partial charge in [-0.1, -0.05) is 36.4 Å². The lowest BCUT2D eigenvalue weighted by Gasteiger charge is -2.35. The zero-order chi connectivity index (χ0) is 21.1. The number of amides is 2. The SMILES string of the molecule is CC(=O)N1C=Cc2ccccc2[C@H]1CC(=O)Nc1ccccc1N1CCN(C)CC1. The van der Waals surface area contributed by atoms with E-state index in [1.807, 2.05) is 48.5 Å². The molecule has 2 aromatic rings. The molecule has 2 heterocycles. The molecule has 2 aliphatic heterocycles. The molecule has 0 spiro atoms. The Morgan fingerprint density at radius 3 is 2.47 bits per heavy atom. The lowest BCUT2D eigenvalue weighted by atomic mass is 9.93. The molecule has 1 fully saturated rings. The van der Waals surface area contributed by atoms with Crippen molar-refractivity contribution in [2.45, 2.75) is 19.4 Å². The normalized spacial score (nSPS) is 18.8. The van der Waals surface area contributed by atoms with Crippen LogP contribution in [-0.4, -0.2) is 54.8 Å². The molecule has 30 heavy (non-hydrogen) atoms. The summed E-state index contributed by atoms with van der Waals surface area (Å²) in [5.41, 5.74) is 3.91. The van der Waals surface area contributed by atoms with Crippen LogP contribution in [0.3, 0.4) is 0 Å². The number of nitrogens with one attached hydrogen (secondary N) is 1. The zero-order valence-corrected chi connectivity index (χ0v) is 17.5. The molecule has 0 radical (unpaired) electrons. The Morgan fingerprint density at radius 1 is 1.00 bits per heavy atom. The van der Waals surface area contributed by atoms with Gasteiger partial charge in [0.2, 0.25) is 11.8 Å². The van der Waals surface area contributed by atoms with Gasteiger partial charge in [-0.25, -0.2) is 0 Å². The summed E-state index contributed by atoms with van der Waals surface area (Å²) in [5.74, 6) is -0.172. The minimum Gasteiger partial charge on any atom is -0.367 e. The van der Waals surface area contributed by atoms with Gasteiger partial charge in [0.1, 0.15) is 0 Å². The highest BCUT2D eigenvalue weighted by Gasteiger charge is 2.28. The second kappa shape index (κ2) is 8.71. The number of para-hydroxylation sites is 2. The summed E-state index contributed by atoms with van der Waals surface area (Å²) < 4.78 is 0. The monoisotopic (exact) mass is 404 g/mol. The van der Waals surface area contributed by atoms with E-state index in [0.29, 0.717) is 0 Å². The summed E-state index contributed by atoms with van der Waals surface area (Å²) in [6.07, 6.45) is 3.91. The fourth-order valence-electron chi connectivity index (χ4n) is 4.19. The first kappa shape index (κ1) is 20.2. The molecule has 1 atom stereocenters. The first-order chi connectivity index (χ1) is 14.5. The van der Waals surface area contributed by atoms with Gasteiger partial charge >= 0.3 is 0 Å². The van der Waals surface area contributed by atoms with Gasteiger partial charge in [-0.3, -0.25) is 9.59 Å². The Balaban J connectivity index is 1.52. The van der Waals surface area contributed by atoms with E-state index in [1.165, 1.54) is 6.92 Å². The molecule has 6 nitrogen and oxygen atoms in total. The van der Waals surface area contributed by atoms with E-state index in [9.17, 15) is 9.59 Å². The van der Waals surface area contributed by atoms with Crippen molar-refractivity contribution in [3.05, 3.63) is 65.9 Å². The molecule has 0 aromatic heterocycles. The molecule has 2 aromatic carbocycles. The van der Waals surface area contributed by atoms with Crippen LogP contribution in [0.5, 0.6) is 0 Å². The fourth-order valence-corrected chi connectivity index (χ4v) is 4.19.